The molecular weight excluding hydrogens is 390 g/mol. The summed E-state index contributed by atoms with van der Waals surface area (Å²) < 4.78 is 3.68. The monoisotopic (exact) mass is 415 g/mol. The molecule has 0 spiro atoms. The molecule has 4 aromatic rings. The standard InChI is InChI=1S/C24H25N5O2/c1-16-13-17(2)29(27-16)19-9-7-18(8-10-19)11-12-26-23(30)15-28-14-21(24(25)31)20-5-3-4-6-22(20)28/h3-10,13-14H,11-12,15H2,1-2H3,(H2,25,31)(H,26,30). The molecule has 2 heterocycles. The molecule has 0 radical (unpaired) electrons. The third kappa shape index (κ3) is 4.35. The number of aryl methyl sites for hydroxylation is 2. The number of fused-ring (bicyclic) bond motifs is 1. The maximum atomic E-state index is 12.4. The molecule has 0 saturated heterocycles. The van der Waals surface area contributed by atoms with Crippen LogP contribution in [0.25, 0.3) is 16.6 Å². The van der Waals surface area contributed by atoms with Gasteiger partial charge in [-0.15, -0.1) is 0 Å². The van der Waals surface area contributed by atoms with Gasteiger partial charge in [-0.05, 0) is 50.1 Å². The van der Waals surface area contributed by atoms with Gasteiger partial charge in [0.05, 0.1) is 16.9 Å². The molecule has 0 aliphatic rings. The van der Waals surface area contributed by atoms with Crippen LogP contribution in [0, 0.1) is 13.8 Å². The number of amides is 2. The minimum Gasteiger partial charge on any atom is -0.366 e. The van der Waals surface area contributed by atoms with Crippen molar-refractivity contribution in [1.29, 1.82) is 0 Å². The summed E-state index contributed by atoms with van der Waals surface area (Å²) in [6.45, 7) is 4.67. The van der Waals surface area contributed by atoms with Crippen LogP contribution in [0.3, 0.4) is 0 Å². The molecule has 2 amide bonds. The van der Waals surface area contributed by atoms with E-state index in [1.165, 1.54) is 0 Å². The predicted octanol–water partition coefficient (Wildman–Crippen LogP) is 2.90. The van der Waals surface area contributed by atoms with Crippen molar-refractivity contribution in [2.75, 3.05) is 6.54 Å². The number of primary amides is 1. The molecule has 0 aliphatic carbocycles. The molecule has 0 bridgehead atoms. The maximum Gasteiger partial charge on any atom is 0.250 e. The number of hydrogen-bond donors (Lipinski definition) is 2. The Labute approximate surface area is 180 Å². The molecule has 4 rings (SSSR count). The summed E-state index contributed by atoms with van der Waals surface area (Å²) in [5, 5.41) is 8.20. The van der Waals surface area contributed by atoms with Gasteiger partial charge >= 0.3 is 0 Å². The Bertz CT molecular complexity index is 1250. The number of carbonyl (C=O) groups is 2. The first-order chi connectivity index (χ1) is 14.9. The van der Waals surface area contributed by atoms with E-state index < -0.39 is 5.91 Å². The van der Waals surface area contributed by atoms with Crippen molar-refractivity contribution < 1.29 is 9.59 Å². The van der Waals surface area contributed by atoms with Crippen LogP contribution in [0.1, 0.15) is 27.3 Å². The summed E-state index contributed by atoms with van der Waals surface area (Å²) in [6, 6.07) is 17.6. The zero-order valence-electron chi connectivity index (χ0n) is 17.6. The molecule has 2 aromatic heterocycles. The Kier molecular flexibility index (Phi) is 5.58. The van der Waals surface area contributed by atoms with E-state index in [9.17, 15) is 9.59 Å². The van der Waals surface area contributed by atoms with Gasteiger partial charge in [-0.1, -0.05) is 30.3 Å². The molecule has 158 valence electrons. The number of rotatable bonds is 7. The van der Waals surface area contributed by atoms with Gasteiger partial charge in [0.2, 0.25) is 5.91 Å². The summed E-state index contributed by atoms with van der Waals surface area (Å²) in [6.07, 6.45) is 2.37. The third-order valence-corrected chi connectivity index (χ3v) is 5.29. The fraction of sp³-hybridized carbons (Fsp3) is 0.208. The number of aromatic nitrogens is 3. The van der Waals surface area contributed by atoms with Crippen LogP contribution in [0.15, 0.2) is 60.8 Å². The molecule has 7 nitrogen and oxygen atoms in total. The lowest BCUT2D eigenvalue weighted by atomic mass is 10.1. The number of hydrogen-bond acceptors (Lipinski definition) is 3. The first kappa shape index (κ1) is 20.4. The van der Waals surface area contributed by atoms with Gasteiger partial charge in [-0.3, -0.25) is 9.59 Å². The minimum absolute atomic E-state index is 0.115. The van der Waals surface area contributed by atoms with E-state index in [2.05, 4.69) is 22.5 Å². The Balaban J connectivity index is 1.35. The fourth-order valence-corrected chi connectivity index (χ4v) is 3.82. The van der Waals surface area contributed by atoms with E-state index in [0.717, 1.165) is 40.0 Å². The highest BCUT2D eigenvalue weighted by Gasteiger charge is 2.14. The van der Waals surface area contributed by atoms with Crippen LogP contribution in [-0.2, 0) is 17.8 Å². The quantitative estimate of drug-likeness (QED) is 0.486. The van der Waals surface area contributed by atoms with Crippen molar-refractivity contribution in [2.24, 2.45) is 5.73 Å². The summed E-state index contributed by atoms with van der Waals surface area (Å²) >= 11 is 0. The van der Waals surface area contributed by atoms with Crippen LogP contribution in [0.5, 0.6) is 0 Å². The van der Waals surface area contributed by atoms with Gasteiger partial charge in [0.25, 0.3) is 5.91 Å². The molecule has 3 N–H and O–H groups in total. The van der Waals surface area contributed by atoms with Crippen molar-refractivity contribution in [3.63, 3.8) is 0 Å². The third-order valence-electron chi connectivity index (χ3n) is 5.29. The maximum absolute atomic E-state index is 12.4. The van der Waals surface area contributed by atoms with Gasteiger partial charge in [0.1, 0.15) is 6.54 Å². The van der Waals surface area contributed by atoms with Gasteiger partial charge in [0, 0.05) is 29.3 Å². The second-order valence-corrected chi connectivity index (χ2v) is 7.66. The van der Waals surface area contributed by atoms with Crippen molar-refractivity contribution in [1.82, 2.24) is 19.7 Å². The Morgan fingerprint density at radius 2 is 1.81 bits per heavy atom. The highest BCUT2D eigenvalue weighted by molar-refractivity contribution is 6.06. The second kappa shape index (κ2) is 8.47. The highest BCUT2D eigenvalue weighted by Crippen LogP contribution is 2.20. The summed E-state index contributed by atoms with van der Waals surface area (Å²) in [5.74, 6) is -0.615. The molecule has 0 fully saturated rings. The molecule has 2 aromatic carbocycles. The van der Waals surface area contributed by atoms with Crippen molar-refractivity contribution in [3.8, 4) is 5.69 Å². The van der Waals surface area contributed by atoms with E-state index in [1.54, 1.807) is 10.8 Å². The first-order valence-corrected chi connectivity index (χ1v) is 10.2. The van der Waals surface area contributed by atoms with E-state index in [0.29, 0.717) is 12.1 Å². The van der Waals surface area contributed by atoms with Crippen molar-refractivity contribution >= 4 is 22.7 Å². The minimum atomic E-state index is -0.501. The normalized spacial score (nSPS) is 11.0. The van der Waals surface area contributed by atoms with E-state index in [1.807, 2.05) is 61.0 Å². The lowest BCUT2D eigenvalue weighted by molar-refractivity contribution is -0.121. The average Bonchev–Trinajstić information content (AvgIpc) is 3.28. The fourth-order valence-electron chi connectivity index (χ4n) is 3.82. The van der Waals surface area contributed by atoms with Crippen LogP contribution in [0.4, 0.5) is 0 Å². The number of nitrogens with one attached hydrogen (secondary N) is 1. The molecule has 0 atom stereocenters. The zero-order chi connectivity index (χ0) is 22.0. The molecule has 7 heteroatoms. The summed E-state index contributed by atoms with van der Waals surface area (Å²) in [7, 11) is 0. The lowest BCUT2D eigenvalue weighted by Gasteiger charge is -2.09. The van der Waals surface area contributed by atoms with E-state index in [-0.39, 0.29) is 12.5 Å². The van der Waals surface area contributed by atoms with Crippen molar-refractivity contribution in [3.05, 3.63) is 83.3 Å². The van der Waals surface area contributed by atoms with Crippen LogP contribution in [0.2, 0.25) is 0 Å². The Hall–Kier alpha value is -3.87. The number of nitrogens with two attached hydrogens (primary N) is 1. The van der Waals surface area contributed by atoms with E-state index >= 15 is 0 Å². The number of para-hydroxylation sites is 1. The Morgan fingerprint density at radius 3 is 2.48 bits per heavy atom. The zero-order valence-corrected chi connectivity index (χ0v) is 17.6. The summed E-state index contributed by atoms with van der Waals surface area (Å²) in [4.78, 5) is 24.1. The number of benzene rings is 2. The van der Waals surface area contributed by atoms with Crippen molar-refractivity contribution in [2.45, 2.75) is 26.8 Å². The average molecular weight is 415 g/mol. The molecular formula is C24H25N5O2. The highest BCUT2D eigenvalue weighted by atomic mass is 16.2. The molecule has 31 heavy (non-hydrogen) atoms. The van der Waals surface area contributed by atoms with Crippen LogP contribution >= 0.6 is 0 Å². The molecule has 0 saturated carbocycles. The molecule has 0 unspecified atom stereocenters. The second-order valence-electron chi connectivity index (χ2n) is 7.66. The molecule has 0 aliphatic heterocycles. The van der Waals surface area contributed by atoms with Gasteiger partial charge < -0.3 is 15.6 Å². The van der Waals surface area contributed by atoms with Crippen LogP contribution in [-0.4, -0.2) is 32.7 Å². The summed E-state index contributed by atoms with van der Waals surface area (Å²) in [5.41, 5.74) is 10.9. The number of nitrogens with zero attached hydrogens (tertiary/aromatic N) is 3. The largest absolute Gasteiger partial charge is 0.366 e. The number of carbonyl (C=O) groups excluding carboxylic acids is 2. The van der Waals surface area contributed by atoms with Gasteiger partial charge in [0.15, 0.2) is 0 Å². The first-order valence-electron chi connectivity index (χ1n) is 10.2. The van der Waals surface area contributed by atoms with Crippen LogP contribution < -0.4 is 11.1 Å². The van der Waals surface area contributed by atoms with E-state index in [4.69, 9.17) is 5.73 Å². The lowest BCUT2D eigenvalue weighted by Crippen LogP contribution is -2.29. The smallest absolute Gasteiger partial charge is 0.250 e. The topological polar surface area (TPSA) is 94.9 Å². The SMILES string of the molecule is Cc1cc(C)n(-c2ccc(CCNC(=O)Cn3cc(C(N)=O)c4ccccc43)cc2)n1. The van der Waals surface area contributed by atoms with Gasteiger partial charge in [-0.2, -0.15) is 5.10 Å². The Morgan fingerprint density at radius 1 is 1.06 bits per heavy atom. The predicted molar refractivity (Wildman–Crippen MR) is 120 cm³/mol. The van der Waals surface area contributed by atoms with Gasteiger partial charge in [-0.25, -0.2) is 4.68 Å².